The van der Waals surface area contributed by atoms with Crippen LogP contribution in [0.25, 0.3) is 10.9 Å². The van der Waals surface area contributed by atoms with E-state index in [1.54, 1.807) is 18.9 Å². The van der Waals surface area contributed by atoms with Crippen LogP contribution in [0.15, 0.2) is 36.4 Å². The summed E-state index contributed by atoms with van der Waals surface area (Å²) in [5, 5.41) is 14.5. The molecule has 2 aromatic carbocycles. The summed E-state index contributed by atoms with van der Waals surface area (Å²) in [6.07, 6.45) is 3.15. The molecular formula is C29H38N4O3. The van der Waals surface area contributed by atoms with Crippen LogP contribution in [0.4, 0.5) is 5.82 Å². The molecule has 1 amide bonds. The largest absolute Gasteiger partial charge is 0.496 e. The summed E-state index contributed by atoms with van der Waals surface area (Å²) in [4.78, 5) is 23.6. The Morgan fingerprint density at radius 2 is 1.78 bits per heavy atom. The van der Waals surface area contributed by atoms with Crippen LogP contribution in [-0.2, 0) is 4.79 Å². The number of hydrogen-bond donors (Lipinski definition) is 2. The van der Waals surface area contributed by atoms with E-state index in [4.69, 9.17) is 9.72 Å². The third-order valence-electron chi connectivity index (χ3n) is 7.36. The van der Waals surface area contributed by atoms with E-state index in [-0.39, 0.29) is 17.9 Å². The Kier molecular flexibility index (Phi) is 7.79. The van der Waals surface area contributed by atoms with Gasteiger partial charge in [0.2, 0.25) is 5.91 Å². The number of hydrogen-bond acceptors (Lipinski definition) is 6. The van der Waals surface area contributed by atoms with Crippen LogP contribution in [0.1, 0.15) is 80.1 Å². The third-order valence-corrected chi connectivity index (χ3v) is 7.36. The van der Waals surface area contributed by atoms with Gasteiger partial charge in [-0.15, -0.1) is 0 Å². The minimum absolute atomic E-state index is 0.0146. The molecule has 36 heavy (non-hydrogen) atoms. The van der Waals surface area contributed by atoms with E-state index in [1.165, 1.54) is 0 Å². The van der Waals surface area contributed by atoms with Crippen molar-refractivity contribution in [1.82, 2.24) is 14.9 Å². The van der Waals surface area contributed by atoms with Crippen LogP contribution in [0.5, 0.6) is 5.75 Å². The molecule has 3 aromatic rings. The first kappa shape index (κ1) is 25.9. The van der Waals surface area contributed by atoms with E-state index in [1.807, 2.05) is 45.3 Å². The lowest BCUT2D eigenvalue weighted by atomic mass is 9.77. The van der Waals surface area contributed by atoms with E-state index in [0.29, 0.717) is 11.7 Å². The van der Waals surface area contributed by atoms with Crippen molar-refractivity contribution < 1.29 is 14.6 Å². The number of rotatable bonds is 7. The van der Waals surface area contributed by atoms with Gasteiger partial charge in [0, 0.05) is 37.5 Å². The number of anilines is 1. The summed E-state index contributed by atoms with van der Waals surface area (Å²) >= 11 is 0. The molecule has 1 aliphatic carbocycles. The van der Waals surface area contributed by atoms with Crippen molar-refractivity contribution in [3.8, 4) is 5.75 Å². The van der Waals surface area contributed by atoms with Gasteiger partial charge >= 0.3 is 0 Å². The molecule has 1 fully saturated rings. The topological polar surface area (TPSA) is 87.6 Å². The second-order valence-corrected chi connectivity index (χ2v) is 10.2. The van der Waals surface area contributed by atoms with Crippen LogP contribution in [-0.4, -0.2) is 47.1 Å². The summed E-state index contributed by atoms with van der Waals surface area (Å²) in [6.45, 7) is 5.77. The lowest BCUT2D eigenvalue weighted by Gasteiger charge is -2.30. The molecule has 0 aliphatic heterocycles. The number of benzene rings is 2. The number of methoxy groups -OCH3 is 1. The molecular weight excluding hydrogens is 452 g/mol. The van der Waals surface area contributed by atoms with Crippen LogP contribution in [0, 0.1) is 12.8 Å². The molecule has 1 saturated carbocycles. The lowest BCUT2D eigenvalue weighted by molar-refractivity contribution is -0.134. The van der Waals surface area contributed by atoms with Gasteiger partial charge < -0.3 is 20.1 Å². The predicted octanol–water partition coefficient (Wildman–Crippen LogP) is 5.54. The Morgan fingerprint density at radius 1 is 1.08 bits per heavy atom. The first-order valence-corrected chi connectivity index (χ1v) is 12.8. The fraction of sp³-hybridized carbons (Fsp3) is 0.483. The zero-order chi connectivity index (χ0) is 26.0. The van der Waals surface area contributed by atoms with Gasteiger partial charge in [0.05, 0.1) is 18.7 Å². The average molecular weight is 491 g/mol. The van der Waals surface area contributed by atoms with Crippen LogP contribution >= 0.6 is 0 Å². The highest BCUT2D eigenvalue weighted by Gasteiger charge is 2.30. The van der Waals surface area contributed by atoms with Gasteiger partial charge in [0.1, 0.15) is 17.4 Å². The zero-order valence-corrected chi connectivity index (χ0v) is 22.2. The van der Waals surface area contributed by atoms with E-state index in [2.05, 4.69) is 29.4 Å². The molecule has 192 valence electrons. The number of nitrogens with zero attached hydrogens (tertiary/aromatic N) is 3. The maximum absolute atomic E-state index is 12.5. The SMILES string of the molecule is COc1cc2nc(C)nc(N[C@@H](C)c3cccc(C(C)O)c3)c2cc1C1CCC(C(=O)N(C)C)CC1. The van der Waals surface area contributed by atoms with Crippen molar-refractivity contribution >= 4 is 22.6 Å². The molecule has 7 nitrogen and oxygen atoms in total. The molecule has 0 spiro atoms. The average Bonchev–Trinajstić information content (AvgIpc) is 2.87. The third kappa shape index (κ3) is 5.46. The smallest absolute Gasteiger partial charge is 0.225 e. The number of ether oxygens (including phenoxy) is 1. The quantitative estimate of drug-likeness (QED) is 0.452. The molecule has 1 unspecified atom stereocenters. The monoisotopic (exact) mass is 490 g/mol. The van der Waals surface area contributed by atoms with E-state index in [9.17, 15) is 9.90 Å². The van der Waals surface area contributed by atoms with Gasteiger partial charge in [-0.05, 0) is 75.1 Å². The van der Waals surface area contributed by atoms with E-state index in [0.717, 1.165) is 64.8 Å². The molecule has 4 rings (SSSR count). The second kappa shape index (κ2) is 10.8. The first-order valence-electron chi connectivity index (χ1n) is 12.8. The molecule has 2 N–H and O–H groups in total. The number of aromatic nitrogens is 2. The highest BCUT2D eigenvalue weighted by molar-refractivity contribution is 5.91. The summed E-state index contributed by atoms with van der Waals surface area (Å²) < 4.78 is 5.81. The maximum Gasteiger partial charge on any atom is 0.225 e. The fourth-order valence-electron chi connectivity index (χ4n) is 5.29. The number of fused-ring (bicyclic) bond motifs is 1. The minimum Gasteiger partial charge on any atom is -0.496 e. The maximum atomic E-state index is 12.5. The Bertz CT molecular complexity index is 1230. The Morgan fingerprint density at radius 3 is 2.42 bits per heavy atom. The van der Waals surface area contributed by atoms with Crippen LogP contribution < -0.4 is 10.1 Å². The number of amides is 1. The zero-order valence-electron chi connectivity index (χ0n) is 22.2. The number of carbonyl (C=O) groups is 1. The minimum atomic E-state index is -0.516. The van der Waals surface area contributed by atoms with Crippen molar-refractivity contribution in [3.63, 3.8) is 0 Å². The predicted molar refractivity (Wildman–Crippen MR) is 143 cm³/mol. The fourth-order valence-corrected chi connectivity index (χ4v) is 5.29. The summed E-state index contributed by atoms with van der Waals surface area (Å²) in [6, 6.07) is 12.2. The molecule has 1 heterocycles. The first-order chi connectivity index (χ1) is 17.2. The standard InChI is InChI=1S/C29H38N4O3/c1-17(22-8-7-9-23(14-22)18(2)34)30-28-25-15-24(27(36-6)16-26(25)31-19(3)32-28)20-10-12-21(13-11-20)29(35)33(4)5/h7-9,14-18,20-21,34H,10-13H2,1-6H3,(H,30,31,32)/t17-,18?,20?,21?/m0/s1. The van der Waals surface area contributed by atoms with Gasteiger partial charge in [0.15, 0.2) is 0 Å². The number of carbonyl (C=O) groups excluding carboxylic acids is 1. The highest BCUT2D eigenvalue weighted by atomic mass is 16.5. The van der Waals surface area contributed by atoms with Gasteiger partial charge in [-0.1, -0.05) is 24.3 Å². The van der Waals surface area contributed by atoms with Gasteiger partial charge in [-0.3, -0.25) is 4.79 Å². The van der Waals surface area contributed by atoms with Crippen molar-refractivity contribution in [3.05, 3.63) is 58.9 Å². The molecule has 1 aliphatic rings. The summed E-state index contributed by atoms with van der Waals surface area (Å²) in [7, 11) is 5.37. The van der Waals surface area contributed by atoms with Crippen molar-refractivity contribution in [2.24, 2.45) is 5.92 Å². The molecule has 0 saturated heterocycles. The van der Waals surface area contributed by atoms with Crippen molar-refractivity contribution in [2.45, 2.75) is 64.5 Å². The molecule has 0 bridgehead atoms. The Labute approximate surface area is 213 Å². The summed E-state index contributed by atoms with van der Waals surface area (Å²) in [5.41, 5.74) is 3.96. The van der Waals surface area contributed by atoms with E-state index < -0.39 is 6.10 Å². The number of aliphatic hydroxyl groups excluding tert-OH is 1. The normalized spacial score (nSPS) is 19.5. The van der Waals surface area contributed by atoms with E-state index >= 15 is 0 Å². The number of nitrogens with one attached hydrogen (secondary N) is 1. The summed E-state index contributed by atoms with van der Waals surface area (Å²) in [5.74, 6) is 2.96. The Hall–Kier alpha value is -3.19. The van der Waals surface area contributed by atoms with Gasteiger partial charge in [0.25, 0.3) is 0 Å². The molecule has 1 aromatic heterocycles. The van der Waals surface area contributed by atoms with Crippen molar-refractivity contribution in [2.75, 3.05) is 26.5 Å². The number of aryl methyl sites for hydroxylation is 1. The Balaban J connectivity index is 1.66. The molecule has 7 heteroatoms. The van der Waals surface area contributed by atoms with Crippen LogP contribution in [0.2, 0.25) is 0 Å². The second-order valence-electron chi connectivity index (χ2n) is 10.2. The number of aliphatic hydroxyl groups is 1. The van der Waals surface area contributed by atoms with Gasteiger partial charge in [-0.2, -0.15) is 0 Å². The van der Waals surface area contributed by atoms with Crippen LogP contribution in [0.3, 0.4) is 0 Å². The molecule has 0 radical (unpaired) electrons. The van der Waals surface area contributed by atoms with Crippen molar-refractivity contribution in [1.29, 1.82) is 0 Å². The molecule has 2 atom stereocenters. The van der Waals surface area contributed by atoms with Gasteiger partial charge in [-0.25, -0.2) is 9.97 Å². The highest BCUT2D eigenvalue weighted by Crippen LogP contribution is 2.42. The lowest BCUT2D eigenvalue weighted by Crippen LogP contribution is -2.32.